The SMILES string of the molecule is N#CC1(Cc2ccc(F)cc2Br)COc2ccccc2C1. The number of ether oxygens (including phenoxy) is 1. The number of nitriles is 1. The fourth-order valence-electron chi connectivity index (χ4n) is 2.68. The topological polar surface area (TPSA) is 33.0 Å². The van der Waals surface area contributed by atoms with Crippen LogP contribution < -0.4 is 4.74 Å². The van der Waals surface area contributed by atoms with Crippen LogP contribution in [0.3, 0.4) is 0 Å². The average molecular weight is 346 g/mol. The summed E-state index contributed by atoms with van der Waals surface area (Å²) in [6.45, 7) is 0.352. The van der Waals surface area contributed by atoms with Crippen molar-refractivity contribution in [2.75, 3.05) is 6.61 Å². The molecule has 0 aromatic heterocycles. The third-order valence-corrected chi connectivity index (χ3v) is 4.52. The monoisotopic (exact) mass is 345 g/mol. The van der Waals surface area contributed by atoms with Gasteiger partial charge in [0, 0.05) is 4.47 Å². The largest absolute Gasteiger partial charge is 0.492 e. The van der Waals surface area contributed by atoms with E-state index in [9.17, 15) is 9.65 Å². The molecule has 1 aliphatic rings. The van der Waals surface area contributed by atoms with E-state index in [2.05, 4.69) is 22.0 Å². The van der Waals surface area contributed by atoms with Crippen LogP contribution in [-0.4, -0.2) is 6.61 Å². The molecule has 2 aromatic carbocycles. The van der Waals surface area contributed by atoms with Crippen molar-refractivity contribution in [1.82, 2.24) is 0 Å². The van der Waals surface area contributed by atoms with Gasteiger partial charge in [0.25, 0.3) is 0 Å². The van der Waals surface area contributed by atoms with Gasteiger partial charge >= 0.3 is 0 Å². The van der Waals surface area contributed by atoms with Gasteiger partial charge in [-0.3, -0.25) is 0 Å². The van der Waals surface area contributed by atoms with Gasteiger partial charge in [0.15, 0.2) is 0 Å². The van der Waals surface area contributed by atoms with E-state index in [4.69, 9.17) is 4.74 Å². The number of rotatable bonds is 2. The standard InChI is InChI=1S/C17H13BrFNO/c18-15-7-14(19)6-5-12(15)8-17(10-20)9-13-3-1-2-4-16(13)21-11-17/h1-7H,8-9,11H2. The fraction of sp³-hybridized carbons (Fsp3) is 0.235. The number of hydrogen-bond donors (Lipinski definition) is 0. The Morgan fingerprint density at radius 3 is 2.86 bits per heavy atom. The average Bonchev–Trinajstić information content (AvgIpc) is 2.50. The molecule has 0 aliphatic carbocycles. The van der Waals surface area contributed by atoms with Crippen LogP contribution in [0.15, 0.2) is 46.9 Å². The summed E-state index contributed by atoms with van der Waals surface area (Å²) >= 11 is 3.37. The fourth-order valence-corrected chi connectivity index (χ4v) is 3.17. The minimum Gasteiger partial charge on any atom is -0.492 e. The molecule has 0 saturated heterocycles. The summed E-state index contributed by atoms with van der Waals surface area (Å²) in [7, 11) is 0. The molecule has 4 heteroatoms. The summed E-state index contributed by atoms with van der Waals surface area (Å²) in [6, 6.07) is 14.8. The lowest BCUT2D eigenvalue weighted by Gasteiger charge is -2.32. The smallest absolute Gasteiger partial charge is 0.124 e. The first-order chi connectivity index (χ1) is 10.1. The molecular weight excluding hydrogens is 333 g/mol. The number of para-hydroxylation sites is 1. The number of benzene rings is 2. The Morgan fingerprint density at radius 1 is 1.29 bits per heavy atom. The first-order valence-electron chi connectivity index (χ1n) is 6.68. The Bertz CT molecular complexity index is 725. The molecule has 1 heterocycles. The van der Waals surface area contributed by atoms with Gasteiger partial charge in [-0.2, -0.15) is 5.26 Å². The molecular formula is C17H13BrFNO. The third kappa shape index (κ3) is 2.79. The normalized spacial score (nSPS) is 20.2. The van der Waals surface area contributed by atoms with Crippen LogP contribution in [0, 0.1) is 22.6 Å². The van der Waals surface area contributed by atoms with Gasteiger partial charge in [-0.05, 0) is 42.2 Å². The molecule has 2 nitrogen and oxygen atoms in total. The third-order valence-electron chi connectivity index (χ3n) is 3.79. The van der Waals surface area contributed by atoms with Gasteiger partial charge in [0.2, 0.25) is 0 Å². The predicted molar refractivity (Wildman–Crippen MR) is 81.5 cm³/mol. The van der Waals surface area contributed by atoms with Crippen LogP contribution in [0.25, 0.3) is 0 Å². The lowest BCUT2D eigenvalue weighted by molar-refractivity contribution is 0.169. The molecule has 1 aliphatic heterocycles. The van der Waals surface area contributed by atoms with E-state index in [1.807, 2.05) is 24.3 Å². The molecule has 1 atom stereocenters. The molecule has 3 rings (SSSR count). The van der Waals surface area contributed by atoms with Crippen LogP contribution in [0.5, 0.6) is 5.75 Å². The zero-order valence-electron chi connectivity index (χ0n) is 11.3. The molecule has 0 spiro atoms. The Labute approximate surface area is 131 Å². The molecule has 0 radical (unpaired) electrons. The van der Waals surface area contributed by atoms with E-state index < -0.39 is 5.41 Å². The Morgan fingerprint density at radius 2 is 2.10 bits per heavy atom. The zero-order valence-corrected chi connectivity index (χ0v) is 12.9. The van der Waals surface area contributed by atoms with E-state index in [1.165, 1.54) is 12.1 Å². The zero-order chi connectivity index (χ0) is 14.9. The molecule has 0 N–H and O–H groups in total. The van der Waals surface area contributed by atoms with Gasteiger partial charge in [-0.1, -0.05) is 40.2 Å². The van der Waals surface area contributed by atoms with Crippen LogP contribution in [-0.2, 0) is 12.8 Å². The summed E-state index contributed by atoms with van der Waals surface area (Å²) in [5, 5.41) is 9.65. The first kappa shape index (κ1) is 14.1. The highest BCUT2D eigenvalue weighted by molar-refractivity contribution is 9.10. The van der Waals surface area contributed by atoms with E-state index in [1.54, 1.807) is 6.07 Å². The molecule has 0 saturated carbocycles. The summed E-state index contributed by atoms with van der Waals surface area (Å²) in [4.78, 5) is 0. The second kappa shape index (κ2) is 5.50. The van der Waals surface area contributed by atoms with E-state index in [0.717, 1.165) is 16.9 Å². The highest BCUT2D eigenvalue weighted by atomic mass is 79.9. The van der Waals surface area contributed by atoms with Crippen molar-refractivity contribution >= 4 is 15.9 Å². The van der Waals surface area contributed by atoms with E-state index in [-0.39, 0.29) is 5.82 Å². The molecule has 21 heavy (non-hydrogen) atoms. The number of hydrogen-bond acceptors (Lipinski definition) is 2. The first-order valence-corrected chi connectivity index (χ1v) is 7.47. The van der Waals surface area contributed by atoms with Crippen molar-refractivity contribution in [3.8, 4) is 11.8 Å². The Hall–Kier alpha value is -1.86. The summed E-state index contributed by atoms with van der Waals surface area (Å²) in [5.74, 6) is 0.559. The lowest BCUT2D eigenvalue weighted by atomic mass is 9.77. The second-order valence-corrected chi connectivity index (χ2v) is 6.23. The second-order valence-electron chi connectivity index (χ2n) is 5.38. The molecule has 0 amide bonds. The number of nitrogens with zero attached hydrogens (tertiary/aromatic N) is 1. The molecule has 106 valence electrons. The van der Waals surface area contributed by atoms with Gasteiger partial charge in [-0.15, -0.1) is 0 Å². The van der Waals surface area contributed by atoms with Crippen molar-refractivity contribution < 1.29 is 9.13 Å². The van der Waals surface area contributed by atoms with E-state index in [0.29, 0.717) is 23.9 Å². The summed E-state index contributed by atoms with van der Waals surface area (Å²) in [6.07, 6.45) is 1.17. The maximum Gasteiger partial charge on any atom is 0.124 e. The van der Waals surface area contributed by atoms with Crippen molar-refractivity contribution in [1.29, 1.82) is 5.26 Å². The predicted octanol–water partition coefficient (Wildman–Crippen LogP) is 4.28. The number of halogens is 2. The van der Waals surface area contributed by atoms with Crippen LogP contribution >= 0.6 is 15.9 Å². The molecule has 1 unspecified atom stereocenters. The van der Waals surface area contributed by atoms with Crippen molar-refractivity contribution in [3.63, 3.8) is 0 Å². The van der Waals surface area contributed by atoms with Crippen molar-refractivity contribution in [3.05, 3.63) is 63.9 Å². The molecule has 0 bridgehead atoms. The van der Waals surface area contributed by atoms with Gasteiger partial charge in [0.1, 0.15) is 18.2 Å². The maximum atomic E-state index is 13.2. The van der Waals surface area contributed by atoms with Crippen molar-refractivity contribution in [2.24, 2.45) is 5.41 Å². The van der Waals surface area contributed by atoms with Crippen molar-refractivity contribution in [2.45, 2.75) is 12.8 Å². The highest BCUT2D eigenvalue weighted by Gasteiger charge is 2.36. The molecule has 2 aromatic rings. The maximum absolute atomic E-state index is 13.2. The minimum absolute atomic E-state index is 0.290. The highest BCUT2D eigenvalue weighted by Crippen LogP contribution is 2.37. The number of fused-ring (bicyclic) bond motifs is 1. The summed E-state index contributed by atoms with van der Waals surface area (Å²) < 4.78 is 19.6. The molecule has 0 fully saturated rings. The summed E-state index contributed by atoms with van der Waals surface area (Å²) in [5.41, 5.74) is 1.35. The van der Waals surface area contributed by atoms with Gasteiger partial charge in [0.05, 0.1) is 11.5 Å². The minimum atomic E-state index is -0.616. The van der Waals surface area contributed by atoms with Crippen LogP contribution in [0.1, 0.15) is 11.1 Å². The van der Waals surface area contributed by atoms with Crippen LogP contribution in [0.4, 0.5) is 4.39 Å². The Kier molecular flexibility index (Phi) is 3.69. The van der Waals surface area contributed by atoms with Gasteiger partial charge < -0.3 is 4.74 Å². The van der Waals surface area contributed by atoms with E-state index >= 15 is 0 Å². The van der Waals surface area contributed by atoms with Crippen LogP contribution in [0.2, 0.25) is 0 Å². The lowest BCUT2D eigenvalue weighted by Crippen LogP contribution is -2.35. The quantitative estimate of drug-likeness (QED) is 0.813. The Balaban J connectivity index is 1.91. The van der Waals surface area contributed by atoms with Gasteiger partial charge in [-0.25, -0.2) is 4.39 Å².